The van der Waals surface area contributed by atoms with Gasteiger partial charge in [0, 0.05) is 18.7 Å². The molecule has 0 atom stereocenters. The van der Waals surface area contributed by atoms with E-state index in [1.54, 1.807) is 24.3 Å². The van der Waals surface area contributed by atoms with E-state index in [-0.39, 0.29) is 32.2 Å². The molecule has 0 aliphatic heterocycles. The fourth-order valence-corrected chi connectivity index (χ4v) is 1.32. The number of hydrogen-bond donors (Lipinski definition) is 2. The predicted octanol–water partition coefficient (Wildman–Crippen LogP) is 0.699. The molecule has 0 aromatic heterocycles. The molecule has 0 radical (unpaired) electrons. The van der Waals surface area contributed by atoms with Gasteiger partial charge in [0.15, 0.2) is 0 Å². The van der Waals surface area contributed by atoms with E-state index in [2.05, 4.69) is 0 Å². The fraction of sp³-hybridized carbons (Fsp3) is 0.417. The molecule has 2 N–H and O–H groups in total. The molecule has 1 rings (SSSR count). The number of rotatable bonds is 5. The number of aliphatic hydroxyl groups excluding tert-OH is 2. The number of carbonyl (C=O) groups is 1. The third kappa shape index (κ3) is 5.42. The van der Waals surface area contributed by atoms with Crippen molar-refractivity contribution in [3.05, 3.63) is 35.9 Å². The van der Waals surface area contributed by atoms with E-state index in [0.29, 0.717) is 12.7 Å². The first-order valence-electron chi connectivity index (χ1n) is 5.23. The van der Waals surface area contributed by atoms with Crippen molar-refractivity contribution in [1.29, 1.82) is 0 Å². The molecular weight excluding hydrogens is 225 g/mol. The monoisotopic (exact) mass is 243 g/mol. The van der Waals surface area contributed by atoms with E-state index in [4.69, 9.17) is 10.2 Å². The summed E-state index contributed by atoms with van der Waals surface area (Å²) >= 11 is 0. The predicted molar refractivity (Wildman–Crippen MR) is 63.5 cm³/mol. The largest absolute Gasteiger partial charge is 0.395 e. The second-order valence-corrected chi connectivity index (χ2v) is 3.11. The number of benzene rings is 1. The van der Waals surface area contributed by atoms with E-state index in [0.717, 1.165) is 0 Å². The molecule has 1 aromatic rings. The minimum absolute atomic E-state index is 0.0986. The molecule has 0 bridgehead atoms. The smallest absolute Gasteiger partial charge is 0.254 e. The Labute approximate surface area is 100 Å². The van der Waals surface area contributed by atoms with Gasteiger partial charge in [-0.15, -0.1) is 0 Å². The van der Waals surface area contributed by atoms with Gasteiger partial charge in [0.2, 0.25) is 0 Å². The van der Waals surface area contributed by atoms with Crippen LogP contribution in [0.4, 0.5) is 4.39 Å². The lowest BCUT2D eigenvalue weighted by molar-refractivity contribution is 0.0685. The first kappa shape index (κ1) is 15.5. The second kappa shape index (κ2) is 9.74. The van der Waals surface area contributed by atoms with Crippen LogP contribution in [0.5, 0.6) is 0 Å². The number of aliphatic hydroxyl groups is 2. The lowest BCUT2D eigenvalue weighted by atomic mass is 10.2. The van der Waals surface area contributed by atoms with Crippen molar-refractivity contribution in [1.82, 2.24) is 4.90 Å². The maximum atomic E-state index is 11.8. The zero-order valence-electron chi connectivity index (χ0n) is 9.84. The van der Waals surface area contributed by atoms with Gasteiger partial charge in [-0.3, -0.25) is 9.18 Å². The molecule has 1 aromatic carbocycles. The van der Waals surface area contributed by atoms with Crippen LogP contribution in [0.15, 0.2) is 30.3 Å². The highest BCUT2D eigenvalue weighted by atomic mass is 19.1. The summed E-state index contributed by atoms with van der Waals surface area (Å²) in [5.41, 5.74) is 0.569. The van der Waals surface area contributed by atoms with Gasteiger partial charge >= 0.3 is 0 Å². The fourth-order valence-electron chi connectivity index (χ4n) is 1.32. The molecule has 5 heteroatoms. The van der Waals surface area contributed by atoms with Crippen LogP contribution in [0.1, 0.15) is 10.4 Å². The Bertz CT molecular complexity index is 300. The standard InChI is InChI=1S/C11H15NO3.CH3F/c13-8-6-12(7-9-14)11(15)10-4-2-1-3-5-10;1-2/h1-5,13-14H,6-9H2;1H3. The molecule has 0 heterocycles. The van der Waals surface area contributed by atoms with Gasteiger partial charge in [-0.05, 0) is 12.1 Å². The van der Waals surface area contributed by atoms with E-state index in [1.807, 2.05) is 6.07 Å². The van der Waals surface area contributed by atoms with Crippen molar-refractivity contribution >= 4 is 5.91 Å². The van der Waals surface area contributed by atoms with Crippen LogP contribution in [0.2, 0.25) is 0 Å². The summed E-state index contributed by atoms with van der Waals surface area (Å²) in [4.78, 5) is 13.3. The third-order valence-electron chi connectivity index (χ3n) is 2.05. The van der Waals surface area contributed by atoms with Gasteiger partial charge in [-0.25, -0.2) is 0 Å². The molecule has 96 valence electrons. The molecule has 0 unspecified atom stereocenters. The van der Waals surface area contributed by atoms with Crippen molar-refractivity contribution in [2.24, 2.45) is 0 Å². The van der Waals surface area contributed by atoms with Crippen molar-refractivity contribution in [2.75, 3.05) is 33.5 Å². The summed E-state index contributed by atoms with van der Waals surface area (Å²) < 4.78 is 9.50. The Morgan fingerprint density at radius 1 is 1.12 bits per heavy atom. The highest BCUT2D eigenvalue weighted by Gasteiger charge is 2.13. The Hall–Kier alpha value is -1.46. The Kier molecular flexibility index (Phi) is 8.91. The van der Waals surface area contributed by atoms with Crippen molar-refractivity contribution in [3.8, 4) is 0 Å². The molecule has 0 saturated carbocycles. The van der Waals surface area contributed by atoms with Gasteiger partial charge in [-0.2, -0.15) is 0 Å². The minimum atomic E-state index is -0.168. The SMILES string of the molecule is CF.O=C(c1ccccc1)N(CCO)CCO. The van der Waals surface area contributed by atoms with Gasteiger partial charge < -0.3 is 15.1 Å². The van der Waals surface area contributed by atoms with Gasteiger partial charge in [-0.1, -0.05) is 18.2 Å². The number of nitrogens with zero attached hydrogens (tertiary/aromatic N) is 1. The summed E-state index contributed by atoms with van der Waals surface area (Å²) in [7, 11) is 0.500. The second-order valence-electron chi connectivity index (χ2n) is 3.11. The molecule has 4 nitrogen and oxygen atoms in total. The summed E-state index contributed by atoms with van der Waals surface area (Å²) in [6, 6.07) is 8.82. The van der Waals surface area contributed by atoms with Crippen LogP contribution >= 0.6 is 0 Å². The zero-order chi connectivity index (χ0) is 13.1. The molecule has 1 amide bonds. The van der Waals surface area contributed by atoms with Crippen LogP contribution in [-0.4, -0.2) is 54.5 Å². The average Bonchev–Trinajstić information content (AvgIpc) is 2.41. The average molecular weight is 243 g/mol. The minimum Gasteiger partial charge on any atom is -0.395 e. The van der Waals surface area contributed by atoms with Gasteiger partial charge in [0.05, 0.1) is 20.4 Å². The Morgan fingerprint density at radius 3 is 2.00 bits per heavy atom. The quantitative estimate of drug-likeness (QED) is 0.800. The highest BCUT2D eigenvalue weighted by molar-refractivity contribution is 5.94. The number of alkyl halides is 1. The van der Waals surface area contributed by atoms with Gasteiger partial charge in [0.1, 0.15) is 0 Å². The molecule has 0 aliphatic rings. The topological polar surface area (TPSA) is 60.8 Å². The van der Waals surface area contributed by atoms with E-state index in [9.17, 15) is 9.18 Å². The lowest BCUT2D eigenvalue weighted by Crippen LogP contribution is -2.35. The third-order valence-corrected chi connectivity index (χ3v) is 2.05. The van der Waals surface area contributed by atoms with Crippen molar-refractivity contribution < 1.29 is 19.4 Å². The molecule has 0 aliphatic carbocycles. The molecular formula is C12H18FNO3. The van der Waals surface area contributed by atoms with Crippen LogP contribution in [0.3, 0.4) is 0 Å². The van der Waals surface area contributed by atoms with E-state index in [1.165, 1.54) is 4.90 Å². The van der Waals surface area contributed by atoms with Crippen LogP contribution < -0.4 is 0 Å². The molecule has 17 heavy (non-hydrogen) atoms. The lowest BCUT2D eigenvalue weighted by Gasteiger charge is -2.20. The van der Waals surface area contributed by atoms with E-state index >= 15 is 0 Å². The molecule has 0 spiro atoms. The van der Waals surface area contributed by atoms with Crippen LogP contribution in [0.25, 0.3) is 0 Å². The Morgan fingerprint density at radius 2 is 1.59 bits per heavy atom. The van der Waals surface area contributed by atoms with Gasteiger partial charge in [0.25, 0.3) is 5.91 Å². The van der Waals surface area contributed by atoms with Crippen molar-refractivity contribution in [2.45, 2.75) is 0 Å². The first-order chi connectivity index (χ1) is 8.29. The molecule has 0 fully saturated rings. The maximum absolute atomic E-state index is 11.8. The number of halogens is 1. The number of amides is 1. The summed E-state index contributed by atoms with van der Waals surface area (Å²) in [5.74, 6) is -0.168. The maximum Gasteiger partial charge on any atom is 0.254 e. The zero-order valence-corrected chi connectivity index (χ0v) is 9.84. The van der Waals surface area contributed by atoms with Crippen LogP contribution in [-0.2, 0) is 0 Å². The summed E-state index contributed by atoms with van der Waals surface area (Å²) in [6.07, 6.45) is 0. The first-order valence-corrected chi connectivity index (χ1v) is 5.23. The van der Waals surface area contributed by atoms with Crippen LogP contribution in [0, 0.1) is 0 Å². The summed E-state index contributed by atoms with van der Waals surface area (Å²) in [6.45, 7) is 0.291. The highest BCUT2D eigenvalue weighted by Crippen LogP contribution is 2.03. The summed E-state index contributed by atoms with van der Waals surface area (Å²) in [5, 5.41) is 17.6. The molecule has 0 saturated heterocycles. The van der Waals surface area contributed by atoms with Crippen molar-refractivity contribution in [3.63, 3.8) is 0 Å². The number of carbonyl (C=O) groups excluding carboxylic acids is 1. The number of hydrogen-bond acceptors (Lipinski definition) is 3. The van der Waals surface area contributed by atoms with E-state index < -0.39 is 0 Å². The Balaban J connectivity index is 0.00000121. The normalized spacial score (nSPS) is 9.18.